The van der Waals surface area contributed by atoms with Crippen LogP contribution in [0.3, 0.4) is 0 Å². The van der Waals surface area contributed by atoms with Crippen molar-refractivity contribution >= 4 is 0 Å². The van der Waals surface area contributed by atoms with Crippen molar-refractivity contribution in [2.75, 3.05) is 6.54 Å². The number of rotatable bonds is 5. The molecule has 0 bridgehead atoms. The van der Waals surface area contributed by atoms with Crippen LogP contribution in [0.25, 0.3) is 0 Å². The maximum Gasteiger partial charge on any atom is 0.0544 e. The summed E-state index contributed by atoms with van der Waals surface area (Å²) < 4.78 is 0. The van der Waals surface area contributed by atoms with Gasteiger partial charge in [-0.3, -0.25) is 4.98 Å². The van der Waals surface area contributed by atoms with Crippen LogP contribution >= 0.6 is 0 Å². The van der Waals surface area contributed by atoms with E-state index < -0.39 is 0 Å². The molecule has 2 atom stereocenters. The van der Waals surface area contributed by atoms with E-state index in [-0.39, 0.29) is 6.04 Å². The Morgan fingerprint density at radius 2 is 2.24 bits per heavy atom. The molecule has 4 nitrogen and oxygen atoms in total. The Kier molecular flexibility index (Phi) is 4.55. The number of aryl methyl sites for hydroxylation is 1. The number of pyridine rings is 1. The molecule has 1 N–H and O–H groups in total. The second-order valence-electron chi connectivity index (χ2n) is 5.65. The highest BCUT2D eigenvalue weighted by Crippen LogP contribution is 2.38. The zero-order valence-electron chi connectivity index (χ0n) is 12.5. The third-order valence-electron chi connectivity index (χ3n) is 4.22. The van der Waals surface area contributed by atoms with Crippen LogP contribution in [0, 0.1) is 0 Å². The zero-order chi connectivity index (χ0) is 14.5. The van der Waals surface area contributed by atoms with E-state index in [0.29, 0.717) is 5.92 Å². The van der Waals surface area contributed by atoms with E-state index >= 15 is 0 Å². The van der Waals surface area contributed by atoms with Gasteiger partial charge < -0.3 is 5.32 Å². The van der Waals surface area contributed by atoms with Gasteiger partial charge in [0.05, 0.1) is 6.20 Å². The average molecular weight is 282 g/mol. The van der Waals surface area contributed by atoms with Gasteiger partial charge in [-0.05, 0) is 55.5 Å². The minimum atomic E-state index is 0.273. The normalized spacial score (nSPS) is 19.0. The van der Waals surface area contributed by atoms with Gasteiger partial charge in [-0.1, -0.05) is 13.0 Å². The van der Waals surface area contributed by atoms with E-state index in [0.717, 1.165) is 19.4 Å². The fraction of sp³-hybridized carbons (Fsp3) is 0.471. The van der Waals surface area contributed by atoms with Gasteiger partial charge in [-0.15, -0.1) is 0 Å². The lowest BCUT2D eigenvalue weighted by Crippen LogP contribution is -2.30. The van der Waals surface area contributed by atoms with E-state index in [4.69, 9.17) is 0 Å². The summed E-state index contributed by atoms with van der Waals surface area (Å²) >= 11 is 0. The Morgan fingerprint density at radius 1 is 1.29 bits per heavy atom. The number of hydrogen-bond donors (Lipinski definition) is 1. The maximum atomic E-state index is 4.68. The lowest BCUT2D eigenvalue weighted by Gasteiger charge is -2.32. The molecule has 2 unspecified atom stereocenters. The van der Waals surface area contributed by atoms with Crippen molar-refractivity contribution in [3.8, 4) is 0 Å². The average Bonchev–Trinajstić information content (AvgIpc) is 2.56. The van der Waals surface area contributed by atoms with Gasteiger partial charge in [0, 0.05) is 30.0 Å². The molecule has 0 aromatic carbocycles. The number of fused-ring (bicyclic) bond motifs is 1. The van der Waals surface area contributed by atoms with E-state index in [1.807, 2.05) is 18.5 Å². The first kappa shape index (κ1) is 14.1. The molecule has 4 heteroatoms. The van der Waals surface area contributed by atoms with E-state index in [2.05, 4.69) is 39.6 Å². The number of hydrogen-bond acceptors (Lipinski definition) is 4. The van der Waals surface area contributed by atoms with Gasteiger partial charge in [0.25, 0.3) is 0 Å². The summed E-state index contributed by atoms with van der Waals surface area (Å²) in [6, 6.07) is 6.60. The Labute approximate surface area is 126 Å². The molecule has 0 amide bonds. The number of nitrogens with one attached hydrogen (secondary N) is 1. The fourth-order valence-corrected chi connectivity index (χ4v) is 3.25. The van der Waals surface area contributed by atoms with Crippen LogP contribution in [0.1, 0.15) is 55.0 Å². The van der Waals surface area contributed by atoms with E-state index in [1.165, 1.54) is 29.7 Å². The van der Waals surface area contributed by atoms with Gasteiger partial charge in [0.2, 0.25) is 0 Å². The molecule has 21 heavy (non-hydrogen) atoms. The van der Waals surface area contributed by atoms with Crippen molar-refractivity contribution in [1.29, 1.82) is 0 Å². The predicted molar refractivity (Wildman–Crippen MR) is 83.0 cm³/mol. The molecule has 110 valence electrons. The summed E-state index contributed by atoms with van der Waals surface area (Å²) in [5.41, 5.74) is 3.87. The highest BCUT2D eigenvalue weighted by Gasteiger charge is 2.29. The summed E-state index contributed by atoms with van der Waals surface area (Å²) in [6.07, 6.45) is 10.2. The summed E-state index contributed by atoms with van der Waals surface area (Å²) in [5.74, 6) is 0.422. The summed E-state index contributed by atoms with van der Waals surface area (Å²) in [4.78, 5) is 4.68. The lowest BCUT2D eigenvalue weighted by molar-refractivity contribution is 0.393. The van der Waals surface area contributed by atoms with Gasteiger partial charge >= 0.3 is 0 Å². The maximum absolute atomic E-state index is 4.68. The van der Waals surface area contributed by atoms with Crippen molar-refractivity contribution in [3.63, 3.8) is 0 Å². The van der Waals surface area contributed by atoms with Crippen LogP contribution in [0.4, 0.5) is 0 Å². The smallest absolute Gasteiger partial charge is 0.0544 e. The fourth-order valence-electron chi connectivity index (χ4n) is 3.25. The molecule has 0 radical (unpaired) electrons. The van der Waals surface area contributed by atoms with Crippen molar-refractivity contribution in [2.24, 2.45) is 0 Å². The Morgan fingerprint density at radius 3 is 3.05 bits per heavy atom. The first-order valence-corrected chi connectivity index (χ1v) is 7.84. The second-order valence-corrected chi connectivity index (χ2v) is 5.65. The van der Waals surface area contributed by atoms with Gasteiger partial charge in [-0.25, -0.2) is 0 Å². The Balaban J connectivity index is 1.94. The third-order valence-corrected chi connectivity index (χ3v) is 4.22. The molecule has 0 aliphatic heterocycles. The number of aromatic nitrogens is 3. The second kappa shape index (κ2) is 6.76. The summed E-state index contributed by atoms with van der Waals surface area (Å²) in [6.45, 7) is 3.20. The number of nitrogens with zero attached hydrogens (tertiary/aromatic N) is 3. The topological polar surface area (TPSA) is 50.7 Å². The molecule has 2 heterocycles. The van der Waals surface area contributed by atoms with Crippen LogP contribution in [0.15, 0.2) is 36.8 Å². The molecule has 0 saturated heterocycles. The molecule has 1 aliphatic rings. The van der Waals surface area contributed by atoms with Gasteiger partial charge in [-0.2, -0.15) is 10.2 Å². The minimum Gasteiger partial charge on any atom is -0.309 e. The molecule has 1 aliphatic carbocycles. The first-order valence-electron chi connectivity index (χ1n) is 7.84. The SMILES string of the molecule is CCCNC(c1ccnnc1)C1CCCc2cccnc21. The summed E-state index contributed by atoms with van der Waals surface area (Å²) in [7, 11) is 0. The van der Waals surface area contributed by atoms with Gasteiger partial charge in [0.15, 0.2) is 0 Å². The molecule has 2 aromatic rings. The van der Waals surface area contributed by atoms with Crippen molar-refractivity contribution in [1.82, 2.24) is 20.5 Å². The molecule has 0 fully saturated rings. The van der Waals surface area contributed by atoms with Crippen LogP contribution in [-0.2, 0) is 6.42 Å². The zero-order valence-corrected chi connectivity index (χ0v) is 12.5. The van der Waals surface area contributed by atoms with Gasteiger partial charge in [0.1, 0.15) is 0 Å². The highest BCUT2D eigenvalue weighted by molar-refractivity contribution is 5.30. The van der Waals surface area contributed by atoms with Crippen molar-refractivity contribution in [3.05, 3.63) is 53.6 Å². The van der Waals surface area contributed by atoms with Crippen LogP contribution in [0.5, 0.6) is 0 Å². The van der Waals surface area contributed by atoms with E-state index in [1.54, 1.807) is 6.20 Å². The predicted octanol–water partition coefficient (Wildman–Crippen LogP) is 3.03. The van der Waals surface area contributed by atoms with Crippen LogP contribution < -0.4 is 5.32 Å². The first-order chi connectivity index (χ1) is 10.4. The molecule has 3 rings (SSSR count). The quantitative estimate of drug-likeness (QED) is 0.916. The van der Waals surface area contributed by atoms with Crippen molar-refractivity contribution in [2.45, 2.75) is 44.6 Å². The third kappa shape index (κ3) is 3.10. The van der Waals surface area contributed by atoms with Crippen LogP contribution in [-0.4, -0.2) is 21.7 Å². The highest BCUT2D eigenvalue weighted by atomic mass is 15.1. The molecular weight excluding hydrogens is 260 g/mol. The lowest BCUT2D eigenvalue weighted by atomic mass is 9.80. The summed E-state index contributed by atoms with van der Waals surface area (Å²) in [5, 5.41) is 11.6. The Bertz CT molecular complexity index is 570. The monoisotopic (exact) mass is 282 g/mol. The minimum absolute atomic E-state index is 0.273. The largest absolute Gasteiger partial charge is 0.309 e. The van der Waals surface area contributed by atoms with Crippen LogP contribution in [0.2, 0.25) is 0 Å². The standard InChI is InChI=1S/C17H22N4/c1-2-9-18-17(14-8-11-20-21-12-14)15-7-3-5-13-6-4-10-19-16(13)15/h4,6,8,10-12,15,17-18H,2-3,5,7,9H2,1H3. The Hall–Kier alpha value is -1.81. The molecule has 0 saturated carbocycles. The van der Waals surface area contributed by atoms with Crippen molar-refractivity contribution < 1.29 is 0 Å². The molecular formula is C17H22N4. The molecule has 2 aromatic heterocycles. The van der Waals surface area contributed by atoms with E-state index in [9.17, 15) is 0 Å². The molecule has 0 spiro atoms.